The van der Waals surface area contributed by atoms with Crippen molar-refractivity contribution in [2.75, 3.05) is 13.1 Å². The summed E-state index contributed by atoms with van der Waals surface area (Å²) in [5.74, 6) is -2.46. The number of hydrogen-bond donors (Lipinski definition) is 1. The molecule has 0 atom stereocenters. The van der Waals surface area contributed by atoms with E-state index in [4.69, 9.17) is 0 Å². The fourth-order valence-corrected chi connectivity index (χ4v) is 1.98. The second-order valence-electron chi connectivity index (χ2n) is 4.64. The number of urea groups is 1. The maximum atomic E-state index is 11.9. The Hall–Kier alpha value is -2.96. The lowest BCUT2D eigenvalue weighted by Gasteiger charge is -2.14. The summed E-state index contributed by atoms with van der Waals surface area (Å²) in [6, 6.07) is 8.39. The monoisotopic (exact) mass is 301 g/mol. The fraction of sp³-hybridized carbons (Fsp3) is 0.200. The summed E-state index contributed by atoms with van der Waals surface area (Å²) in [5, 5.41) is 2.59. The van der Waals surface area contributed by atoms with Gasteiger partial charge in [-0.2, -0.15) is 0 Å². The van der Waals surface area contributed by atoms with Gasteiger partial charge in [0.25, 0.3) is 0 Å². The molecule has 1 aliphatic heterocycles. The Morgan fingerprint density at radius 2 is 1.73 bits per heavy atom. The van der Waals surface area contributed by atoms with Crippen LogP contribution in [0.5, 0.6) is 0 Å². The van der Waals surface area contributed by atoms with E-state index in [1.165, 1.54) is 6.08 Å². The molecule has 0 spiro atoms. The van der Waals surface area contributed by atoms with Gasteiger partial charge in [0.05, 0.1) is 0 Å². The van der Waals surface area contributed by atoms with Gasteiger partial charge in [-0.05, 0) is 5.56 Å². The van der Waals surface area contributed by atoms with Crippen molar-refractivity contribution in [1.29, 1.82) is 0 Å². The average Bonchev–Trinajstić information content (AvgIpc) is 2.72. The Balaban J connectivity index is 1.94. The van der Waals surface area contributed by atoms with Crippen molar-refractivity contribution in [3.8, 4) is 0 Å². The number of benzene rings is 1. The van der Waals surface area contributed by atoms with Crippen molar-refractivity contribution in [2.24, 2.45) is 0 Å². The first-order valence-electron chi connectivity index (χ1n) is 6.63. The van der Waals surface area contributed by atoms with E-state index in [0.29, 0.717) is 4.90 Å². The second-order valence-corrected chi connectivity index (χ2v) is 4.64. The zero-order chi connectivity index (χ0) is 16.1. The summed E-state index contributed by atoms with van der Waals surface area (Å²) in [6.45, 7) is 3.14. The molecule has 0 unspecified atom stereocenters. The SMILES string of the molecule is C=CCN1C(=O)C(=O)N(CC(=O)NCc2ccccc2)C1=O. The Morgan fingerprint density at radius 3 is 2.36 bits per heavy atom. The van der Waals surface area contributed by atoms with Gasteiger partial charge in [0.1, 0.15) is 6.54 Å². The molecule has 1 fully saturated rings. The van der Waals surface area contributed by atoms with Gasteiger partial charge in [-0.1, -0.05) is 36.4 Å². The van der Waals surface area contributed by atoms with Gasteiger partial charge in [0.15, 0.2) is 0 Å². The van der Waals surface area contributed by atoms with E-state index in [-0.39, 0.29) is 13.1 Å². The zero-order valence-electron chi connectivity index (χ0n) is 11.8. The summed E-state index contributed by atoms with van der Waals surface area (Å²) in [4.78, 5) is 48.4. The predicted octanol–water partition coefficient (Wildman–Crippen LogP) is 0.280. The first-order chi connectivity index (χ1) is 10.5. The standard InChI is InChI=1S/C15H15N3O4/c1-2-8-17-13(20)14(21)18(15(17)22)10-12(19)16-9-11-6-4-3-5-7-11/h2-7H,1,8-10H2,(H,16,19). The first-order valence-corrected chi connectivity index (χ1v) is 6.63. The molecule has 114 valence electrons. The smallest absolute Gasteiger partial charge is 0.335 e. The predicted molar refractivity (Wildman–Crippen MR) is 77.3 cm³/mol. The lowest BCUT2D eigenvalue weighted by molar-refractivity contribution is -0.143. The number of amides is 5. The number of nitrogens with zero attached hydrogens (tertiary/aromatic N) is 2. The van der Waals surface area contributed by atoms with Crippen molar-refractivity contribution in [2.45, 2.75) is 6.54 Å². The molecule has 1 heterocycles. The molecular formula is C15H15N3O4. The highest BCUT2D eigenvalue weighted by atomic mass is 16.2. The summed E-state index contributed by atoms with van der Waals surface area (Å²) in [5.41, 5.74) is 0.888. The van der Waals surface area contributed by atoms with Crippen LogP contribution in [0.25, 0.3) is 0 Å². The molecule has 0 bridgehead atoms. The van der Waals surface area contributed by atoms with E-state index >= 15 is 0 Å². The quantitative estimate of drug-likeness (QED) is 0.464. The lowest BCUT2D eigenvalue weighted by atomic mass is 10.2. The third kappa shape index (κ3) is 3.20. The highest BCUT2D eigenvalue weighted by molar-refractivity contribution is 6.45. The van der Waals surface area contributed by atoms with Crippen LogP contribution in [0.4, 0.5) is 4.79 Å². The van der Waals surface area contributed by atoms with E-state index in [0.717, 1.165) is 10.5 Å². The number of hydrogen-bond acceptors (Lipinski definition) is 4. The van der Waals surface area contributed by atoms with Crippen molar-refractivity contribution < 1.29 is 19.2 Å². The molecule has 1 aromatic carbocycles. The molecule has 22 heavy (non-hydrogen) atoms. The lowest BCUT2D eigenvalue weighted by Crippen LogP contribution is -2.41. The Morgan fingerprint density at radius 1 is 1.09 bits per heavy atom. The molecule has 1 N–H and O–H groups in total. The van der Waals surface area contributed by atoms with Crippen LogP contribution in [0.1, 0.15) is 5.56 Å². The number of rotatable bonds is 6. The normalized spacial score (nSPS) is 14.5. The van der Waals surface area contributed by atoms with Crippen molar-refractivity contribution >= 4 is 23.8 Å². The average molecular weight is 301 g/mol. The Kier molecular flexibility index (Phi) is 4.67. The molecule has 1 saturated heterocycles. The summed E-state index contributed by atoms with van der Waals surface area (Å²) in [7, 11) is 0. The fourth-order valence-electron chi connectivity index (χ4n) is 1.98. The maximum Gasteiger partial charge on any atom is 0.335 e. The molecule has 0 aliphatic carbocycles. The molecule has 7 heteroatoms. The minimum absolute atomic E-state index is 0.0639. The minimum atomic E-state index is -0.998. The number of nitrogens with one attached hydrogen (secondary N) is 1. The molecule has 0 saturated carbocycles. The number of carbonyl (C=O) groups is 4. The van der Waals surface area contributed by atoms with Crippen LogP contribution in [0.15, 0.2) is 43.0 Å². The summed E-state index contributed by atoms with van der Waals surface area (Å²) >= 11 is 0. The summed E-state index contributed by atoms with van der Waals surface area (Å²) in [6.07, 6.45) is 1.34. The maximum absolute atomic E-state index is 11.9. The highest BCUT2D eigenvalue weighted by Crippen LogP contribution is 2.11. The topological polar surface area (TPSA) is 86.8 Å². The van der Waals surface area contributed by atoms with Crippen LogP contribution in [-0.4, -0.2) is 46.6 Å². The molecule has 0 aromatic heterocycles. The van der Waals surface area contributed by atoms with E-state index < -0.39 is 30.3 Å². The van der Waals surface area contributed by atoms with Gasteiger partial charge in [0.2, 0.25) is 5.91 Å². The Labute approximate surface area is 127 Å². The van der Waals surface area contributed by atoms with Crippen LogP contribution in [-0.2, 0) is 20.9 Å². The van der Waals surface area contributed by atoms with Gasteiger partial charge in [-0.3, -0.25) is 19.3 Å². The summed E-state index contributed by atoms with van der Waals surface area (Å²) < 4.78 is 0. The minimum Gasteiger partial charge on any atom is -0.350 e. The third-order valence-electron chi connectivity index (χ3n) is 3.08. The van der Waals surface area contributed by atoms with Gasteiger partial charge in [-0.25, -0.2) is 9.69 Å². The van der Waals surface area contributed by atoms with Crippen molar-refractivity contribution in [3.05, 3.63) is 48.6 Å². The van der Waals surface area contributed by atoms with Crippen LogP contribution in [0.2, 0.25) is 0 Å². The van der Waals surface area contributed by atoms with E-state index in [1.54, 1.807) is 0 Å². The number of carbonyl (C=O) groups excluding carboxylic acids is 4. The van der Waals surface area contributed by atoms with E-state index in [9.17, 15) is 19.2 Å². The molecule has 1 aromatic rings. The molecule has 7 nitrogen and oxygen atoms in total. The Bertz CT molecular complexity index is 627. The van der Waals surface area contributed by atoms with Gasteiger partial charge >= 0.3 is 17.8 Å². The van der Waals surface area contributed by atoms with Crippen molar-refractivity contribution in [3.63, 3.8) is 0 Å². The molecule has 2 rings (SSSR count). The molecule has 0 radical (unpaired) electrons. The van der Waals surface area contributed by atoms with E-state index in [2.05, 4.69) is 11.9 Å². The largest absolute Gasteiger partial charge is 0.350 e. The van der Waals surface area contributed by atoms with Gasteiger partial charge in [-0.15, -0.1) is 6.58 Å². The zero-order valence-corrected chi connectivity index (χ0v) is 11.8. The highest BCUT2D eigenvalue weighted by Gasteiger charge is 2.44. The molecule has 5 amide bonds. The number of imide groups is 2. The van der Waals surface area contributed by atoms with E-state index in [1.807, 2.05) is 30.3 Å². The van der Waals surface area contributed by atoms with Crippen LogP contribution in [0.3, 0.4) is 0 Å². The van der Waals surface area contributed by atoms with Crippen molar-refractivity contribution in [1.82, 2.24) is 15.1 Å². The van der Waals surface area contributed by atoms with Gasteiger partial charge < -0.3 is 5.32 Å². The second kappa shape index (κ2) is 6.66. The van der Waals surface area contributed by atoms with Gasteiger partial charge in [0, 0.05) is 13.1 Å². The van der Waals surface area contributed by atoms with Crippen LogP contribution in [0, 0.1) is 0 Å². The first kappa shape index (κ1) is 15.4. The molecular weight excluding hydrogens is 286 g/mol. The third-order valence-corrected chi connectivity index (χ3v) is 3.08. The van der Waals surface area contributed by atoms with Crippen LogP contribution >= 0.6 is 0 Å². The molecule has 1 aliphatic rings. The van der Waals surface area contributed by atoms with Crippen LogP contribution < -0.4 is 5.32 Å².